The van der Waals surface area contributed by atoms with Gasteiger partial charge in [-0.3, -0.25) is 0 Å². The van der Waals surface area contributed by atoms with Gasteiger partial charge in [-0.1, -0.05) is 26.0 Å². The van der Waals surface area contributed by atoms with Gasteiger partial charge >= 0.3 is 0 Å². The number of unbranched alkanes of at least 4 members (excludes halogenated alkanes) is 2. The molecule has 1 fully saturated rings. The molecular weight excluding hydrogens is 194 g/mol. The molecule has 1 heteroatoms. The first-order valence-corrected chi connectivity index (χ1v) is 6.82. The fourth-order valence-corrected chi connectivity index (χ4v) is 2.42. The molecule has 1 rings (SSSR count). The number of hydrogen-bond acceptors (Lipinski definition) is 1. The molecule has 0 unspecified atom stereocenters. The van der Waals surface area contributed by atoms with E-state index in [1.807, 2.05) is 6.08 Å². The molecule has 1 aliphatic heterocycles. The lowest BCUT2D eigenvalue weighted by Crippen LogP contribution is -2.19. The van der Waals surface area contributed by atoms with Crippen molar-refractivity contribution >= 4 is 0 Å². The van der Waals surface area contributed by atoms with E-state index in [9.17, 15) is 0 Å². The normalized spacial score (nSPS) is 21.5. The molecule has 1 nitrogen and oxygen atoms in total. The molecule has 0 radical (unpaired) electrons. The van der Waals surface area contributed by atoms with E-state index in [0.29, 0.717) is 0 Å². The van der Waals surface area contributed by atoms with E-state index in [4.69, 9.17) is 0 Å². The lowest BCUT2D eigenvalue weighted by atomic mass is 10.1. The quantitative estimate of drug-likeness (QED) is 0.456. The van der Waals surface area contributed by atoms with Gasteiger partial charge in [-0.2, -0.15) is 0 Å². The zero-order chi connectivity index (χ0) is 11.8. The molecule has 1 atom stereocenters. The van der Waals surface area contributed by atoms with E-state index in [1.165, 1.54) is 45.2 Å². The van der Waals surface area contributed by atoms with Crippen molar-refractivity contribution in [3.8, 4) is 0 Å². The molecule has 92 valence electrons. The van der Waals surface area contributed by atoms with Gasteiger partial charge < -0.3 is 4.90 Å². The summed E-state index contributed by atoms with van der Waals surface area (Å²) < 4.78 is 0. The highest BCUT2D eigenvalue weighted by Gasteiger charge is 2.19. The Bertz CT molecular complexity index is 230. The average Bonchev–Trinajstić information content (AvgIpc) is 2.69. The summed E-state index contributed by atoms with van der Waals surface area (Å²) in [6.07, 6.45) is 12.0. The second-order valence-electron chi connectivity index (χ2n) is 4.98. The van der Waals surface area contributed by atoms with E-state index in [2.05, 4.69) is 31.4 Å². The summed E-state index contributed by atoms with van der Waals surface area (Å²) in [6.45, 7) is 10.9. The zero-order valence-corrected chi connectivity index (χ0v) is 11.0. The molecule has 0 bridgehead atoms. The van der Waals surface area contributed by atoms with Crippen molar-refractivity contribution in [2.24, 2.45) is 5.92 Å². The highest BCUT2D eigenvalue weighted by Crippen LogP contribution is 2.23. The van der Waals surface area contributed by atoms with Gasteiger partial charge in [0.2, 0.25) is 0 Å². The number of hydrogen-bond donors (Lipinski definition) is 0. The third-order valence-corrected chi connectivity index (χ3v) is 3.36. The van der Waals surface area contributed by atoms with Crippen molar-refractivity contribution in [2.75, 3.05) is 13.1 Å². The van der Waals surface area contributed by atoms with E-state index < -0.39 is 0 Å². The monoisotopic (exact) mass is 221 g/mol. The molecule has 0 aromatic heterocycles. The van der Waals surface area contributed by atoms with Crippen LogP contribution < -0.4 is 0 Å². The van der Waals surface area contributed by atoms with Crippen LogP contribution in [0, 0.1) is 5.92 Å². The molecule has 16 heavy (non-hydrogen) atoms. The molecule has 0 saturated carbocycles. The van der Waals surface area contributed by atoms with Crippen LogP contribution in [0.2, 0.25) is 0 Å². The Hall–Kier alpha value is -0.720. The number of likely N-dealkylation sites (tertiary alicyclic amines) is 1. The first-order valence-electron chi connectivity index (χ1n) is 6.82. The van der Waals surface area contributed by atoms with E-state index >= 15 is 0 Å². The number of nitrogens with zero attached hydrogens (tertiary/aromatic N) is 1. The molecule has 0 spiro atoms. The summed E-state index contributed by atoms with van der Waals surface area (Å²) in [5.74, 6) is 0.883. The molecule has 0 N–H and O–H groups in total. The minimum Gasteiger partial charge on any atom is -0.375 e. The summed E-state index contributed by atoms with van der Waals surface area (Å²) in [6, 6.07) is 0. The molecular formula is C15H27N. The standard InChI is InChI=1S/C15H27N/c1-4-6-7-8-10-15(9-5-2)16-12-11-14(3)13-16/h4,9,14H,1,5-8,10-13H2,2-3H3/b15-9-/t14-/m0/s1. The van der Waals surface area contributed by atoms with Crippen molar-refractivity contribution in [3.05, 3.63) is 24.4 Å². The minimum absolute atomic E-state index is 0.883. The maximum absolute atomic E-state index is 3.78. The second-order valence-corrected chi connectivity index (χ2v) is 4.98. The maximum Gasteiger partial charge on any atom is 0.0201 e. The van der Waals surface area contributed by atoms with Crippen molar-refractivity contribution < 1.29 is 0 Å². The highest BCUT2D eigenvalue weighted by molar-refractivity contribution is 5.03. The Kier molecular flexibility index (Phi) is 6.29. The van der Waals surface area contributed by atoms with Crippen LogP contribution in [0.3, 0.4) is 0 Å². The van der Waals surface area contributed by atoms with Crippen LogP contribution in [0.15, 0.2) is 24.4 Å². The van der Waals surface area contributed by atoms with Gasteiger partial charge in [0.15, 0.2) is 0 Å². The van der Waals surface area contributed by atoms with Crippen molar-refractivity contribution in [1.29, 1.82) is 0 Å². The Labute approximate surface area is 101 Å². The first-order chi connectivity index (χ1) is 7.77. The molecule has 1 aliphatic rings. The van der Waals surface area contributed by atoms with Gasteiger partial charge in [-0.25, -0.2) is 0 Å². The minimum atomic E-state index is 0.883. The van der Waals surface area contributed by atoms with Crippen LogP contribution in [0.25, 0.3) is 0 Å². The Morgan fingerprint density at radius 1 is 1.44 bits per heavy atom. The van der Waals surface area contributed by atoms with Gasteiger partial charge in [-0.15, -0.1) is 6.58 Å². The van der Waals surface area contributed by atoms with E-state index in [1.54, 1.807) is 5.70 Å². The smallest absolute Gasteiger partial charge is 0.0201 e. The number of rotatable bonds is 7. The third-order valence-electron chi connectivity index (χ3n) is 3.36. The Morgan fingerprint density at radius 2 is 2.25 bits per heavy atom. The average molecular weight is 221 g/mol. The maximum atomic E-state index is 3.78. The molecule has 0 amide bonds. The van der Waals surface area contributed by atoms with Gasteiger partial charge in [0.25, 0.3) is 0 Å². The molecule has 0 aromatic rings. The van der Waals surface area contributed by atoms with E-state index in [0.717, 1.165) is 12.3 Å². The molecule has 1 heterocycles. The summed E-state index contributed by atoms with van der Waals surface area (Å²) in [5, 5.41) is 0. The van der Waals surface area contributed by atoms with Gasteiger partial charge in [0, 0.05) is 18.8 Å². The third kappa shape index (κ3) is 4.42. The first kappa shape index (κ1) is 13.3. The van der Waals surface area contributed by atoms with E-state index in [-0.39, 0.29) is 0 Å². The lowest BCUT2D eigenvalue weighted by molar-refractivity contribution is 0.388. The van der Waals surface area contributed by atoms with Gasteiger partial charge in [0.1, 0.15) is 0 Å². The van der Waals surface area contributed by atoms with Crippen LogP contribution in [-0.4, -0.2) is 18.0 Å². The zero-order valence-electron chi connectivity index (χ0n) is 11.0. The van der Waals surface area contributed by atoms with Crippen molar-refractivity contribution in [2.45, 2.75) is 52.4 Å². The Morgan fingerprint density at radius 3 is 2.81 bits per heavy atom. The highest BCUT2D eigenvalue weighted by atomic mass is 15.2. The van der Waals surface area contributed by atoms with Crippen LogP contribution >= 0.6 is 0 Å². The fraction of sp³-hybridized carbons (Fsp3) is 0.733. The van der Waals surface area contributed by atoms with Crippen LogP contribution in [-0.2, 0) is 0 Å². The van der Waals surface area contributed by atoms with Crippen molar-refractivity contribution in [1.82, 2.24) is 4.90 Å². The van der Waals surface area contributed by atoms with Crippen LogP contribution in [0.5, 0.6) is 0 Å². The number of allylic oxidation sites excluding steroid dienone is 3. The van der Waals surface area contributed by atoms with Crippen molar-refractivity contribution in [3.63, 3.8) is 0 Å². The van der Waals surface area contributed by atoms with Crippen LogP contribution in [0.4, 0.5) is 0 Å². The Balaban J connectivity index is 2.36. The topological polar surface area (TPSA) is 3.24 Å². The lowest BCUT2D eigenvalue weighted by Gasteiger charge is -2.22. The molecule has 0 aromatic carbocycles. The molecule has 1 saturated heterocycles. The largest absolute Gasteiger partial charge is 0.375 e. The van der Waals surface area contributed by atoms with Gasteiger partial charge in [0.05, 0.1) is 0 Å². The summed E-state index contributed by atoms with van der Waals surface area (Å²) >= 11 is 0. The predicted octanol–water partition coefficient (Wildman–Crippen LogP) is 4.37. The summed E-state index contributed by atoms with van der Waals surface area (Å²) in [5.41, 5.74) is 1.59. The summed E-state index contributed by atoms with van der Waals surface area (Å²) in [4.78, 5) is 2.60. The predicted molar refractivity (Wildman–Crippen MR) is 72.4 cm³/mol. The van der Waals surface area contributed by atoms with Gasteiger partial charge in [-0.05, 0) is 44.4 Å². The second kappa shape index (κ2) is 7.54. The summed E-state index contributed by atoms with van der Waals surface area (Å²) in [7, 11) is 0. The molecule has 0 aliphatic carbocycles. The van der Waals surface area contributed by atoms with Crippen LogP contribution in [0.1, 0.15) is 52.4 Å². The fourth-order valence-electron chi connectivity index (χ4n) is 2.42. The SMILES string of the molecule is C=CCCCC/C(=C/CC)N1CC[C@H](C)C1.